The Morgan fingerprint density at radius 3 is 0.989 bits per heavy atom. The third-order valence-corrected chi connectivity index (χ3v) is 13.0. The number of alkyl carbamates (subject to hydrolysis) is 4. The summed E-state index contributed by atoms with van der Waals surface area (Å²) in [4.78, 5) is 69.9. The fraction of sp³-hybridized carbons (Fsp3) is 0.589. The summed E-state index contributed by atoms with van der Waals surface area (Å²) in [5.41, 5.74) is 15.0. The minimum absolute atomic E-state index is 0.0231. The van der Waals surface area contributed by atoms with Crippen LogP contribution in [0.1, 0.15) is 194 Å². The zero-order valence-corrected chi connectivity index (χ0v) is 57.4. The molecule has 2 atom stereocenters. The molecule has 89 heavy (non-hydrogen) atoms. The molecule has 0 heterocycles. The molecule has 0 aromatic heterocycles. The molecule has 0 saturated carbocycles. The standard InChI is InChI=1S/C22H36N2O3.C19H29NO3.C17H27NO3.C15H23NO2/c1-16(2)13-18-8-10-19(11-9-18)15-27-22(26)24-12-6-5-7-20(23)21(25)14-17(3)4;1-13(2)10-16-6-8-17(9-7-16)12-23-19(22)20-15(5)18(21)11-14(3)4;1-13(2)11-15-5-7-16(8-6-15)12-21-17(19)18-9-10-20-14(3)4;1-11(2)9-13-5-7-14(8-6-13)10-18-15(17)16-12(3)4/h8-11,16-17,20H,5-7,12-15,23H2,1-4H3,(H,24,26);6-9,13-15H,10-12H2,1-5H3,(H,20,22);5-8,13-14H,9-12H2,1-4H3,(H,18,19);5-8,11-12H,9-10H2,1-4H3,(H,16,17)/t20-;;;/m0.../s1. The van der Waals surface area contributed by atoms with Crippen LogP contribution in [0.5, 0.6) is 0 Å². The maximum Gasteiger partial charge on any atom is 0.408 e. The van der Waals surface area contributed by atoms with Gasteiger partial charge in [-0.05, 0) is 160 Å². The summed E-state index contributed by atoms with van der Waals surface area (Å²) in [5.74, 6) is 3.31. The van der Waals surface area contributed by atoms with E-state index in [0.29, 0.717) is 81.8 Å². The lowest BCUT2D eigenvalue weighted by atomic mass is 9.99. The Bertz CT molecular complexity index is 2560. The van der Waals surface area contributed by atoms with Crippen LogP contribution in [0.4, 0.5) is 19.2 Å². The van der Waals surface area contributed by atoms with Gasteiger partial charge in [-0.25, -0.2) is 19.2 Å². The number of amides is 4. The van der Waals surface area contributed by atoms with E-state index >= 15 is 0 Å². The van der Waals surface area contributed by atoms with Crippen LogP contribution < -0.4 is 27.0 Å². The Labute approximate surface area is 536 Å². The predicted octanol–water partition coefficient (Wildman–Crippen LogP) is 15.4. The van der Waals surface area contributed by atoms with Crippen LogP contribution >= 0.6 is 0 Å². The second-order valence-corrected chi connectivity index (χ2v) is 26.1. The number of unbranched alkanes of at least 4 members (excludes halogenated alkanes) is 1. The molecular weight excluding hydrogens is 1120 g/mol. The van der Waals surface area contributed by atoms with Crippen molar-refractivity contribution in [3.8, 4) is 0 Å². The number of ether oxygens (including phenoxy) is 5. The van der Waals surface area contributed by atoms with Gasteiger partial charge in [-0.15, -0.1) is 0 Å². The largest absolute Gasteiger partial charge is 0.445 e. The summed E-state index contributed by atoms with van der Waals surface area (Å²) in [5, 5.41) is 10.7. The van der Waals surface area contributed by atoms with Gasteiger partial charge in [0.2, 0.25) is 0 Å². The zero-order chi connectivity index (χ0) is 66.8. The van der Waals surface area contributed by atoms with E-state index in [4.69, 9.17) is 29.4 Å². The average molecular weight is 1240 g/mol. The summed E-state index contributed by atoms with van der Waals surface area (Å²) in [7, 11) is 0. The van der Waals surface area contributed by atoms with E-state index in [1.54, 1.807) is 6.92 Å². The summed E-state index contributed by atoms with van der Waals surface area (Å²) in [6.45, 7) is 37.5. The van der Waals surface area contributed by atoms with Gasteiger partial charge in [-0.3, -0.25) is 9.59 Å². The van der Waals surface area contributed by atoms with Crippen LogP contribution in [-0.4, -0.2) is 79.9 Å². The van der Waals surface area contributed by atoms with Gasteiger partial charge in [-0.2, -0.15) is 0 Å². The Hall–Kier alpha value is -6.78. The first-order valence-electron chi connectivity index (χ1n) is 32.4. The van der Waals surface area contributed by atoms with Crippen molar-refractivity contribution in [3.05, 3.63) is 142 Å². The molecule has 4 amide bonds. The molecule has 16 nitrogen and oxygen atoms in total. The van der Waals surface area contributed by atoms with Crippen molar-refractivity contribution in [1.82, 2.24) is 21.3 Å². The SMILES string of the molecule is CC(C)CC(=O)C(C)NC(=O)OCc1ccc(CC(C)C)cc1.CC(C)CC(=O)[C@@H](N)CCCCNC(=O)OCc1ccc(CC(C)C)cc1.CC(C)Cc1ccc(COC(=O)NC(C)C)cc1.CC(C)Cc1ccc(COC(=O)NCCOC(C)C)cc1. The minimum Gasteiger partial charge on any atom is -0.445 e. The van der Waals surface area contributed by atoms with Crippen molar-refractivity contribution >= 4 is 35.9 Å². The zero-order valence-electron chi connectivity index (χ0n) is 57.4. The van der Waals surface area contributed by atoms with Crippen LogP contribution in [-0.2, 0) is 85.4 Å². The Kier molecular flexibility index (Phi) is 41.8. The molecule has 0 fully saturated rings. The molecule has 6 N–H and O–H groups in total. The van der Waals surface area contributed by atoms with E-state index in [2.05, 4.69) is 125 Å². The first-order valence-corrected chi connectivity index (χ1v) is 32.4. The number of hydrogen-bond acceptors (Lipinski definition) is 12. The quantitative estimate of drug-likeness (QED) is 0.0222. The van der Waals surface area contributed by atoms with Crippen LogP contribution in [0, 0.1) is 35.5 Å². The van der Waals surface area contributed by atoms with E-state index in [0.717, 1.165) is 60.8 Å². The van der Waals surface area contributed by atoms with Gasteiger partial charge >= 0.3 is 24.4 Å². The molecule has 4 aromatic rings. The number of Topliss-reactive ketones (excluding diaryl/α,β-unsaturated/α-hetero) is 2. The molecule has 1 unspecified atom stereocenters. The smallest absolute Gasteiger partial charge is 0.408 e. The average Bonchev–Trinajstić information content (AvgIpc) is 3.50. The third kappa shape index (κ3) is 43.5. The topological polar surface area (TPSA) is 223 Å². The fourth-order valence-electron chi connectivity index (χ4n) is 8.67. The number of ketones is 2. The van der Waals surface area contributed by atoms with Gasteiger partial charge < -0.3 is 50.7 Å². The number of rotatable bonds is 33. The van der Waals surface area contributed by atoms with E-state index in [1.165, 1.54) is 22.3 Å². The van der Waals surface area contributed by atoms with Crippen LogP contribution in [0.3, 0.4) is 0 Å². The van der Waals surface area contributed by atoms with E-state index < -0.39 is 30.4 Å². The first-order chi connectivity index (χ1) is 42.0. The highest BCUT2D eigenvalue weighted by atomic mass is 16.6. The van der Waals surface area contributed by atoms with Gasteiger partial charge in [0.1, 0.15) is 32.2 Å². The highest BCUT2D eigenvalue weighted by Gasteiger charge is 2.18. The molecular formula is C73H115N5O11. The van der Waals surface area contributed by atoms with Crippen molar-refractivity contribution in [1.29, 1.82) is 0 Å². The summed E-state index contributed by atoms with van der Waals surface area (Å²) >= 11 is 0. The van der Waals surface area contributed by atoms with Crippen molar-refractivity contribution in [2.45, 2.75) is 226 Å². The summed E-state index contributed by atoms with van der Waals surface area (Å²) in [6.07, 6.45) is 5.90. The molecule has 0 aliphatic heterocycles. The Morgan fingerprint density at radius 1 is 0.371 bits per heavy atom. The van der Waals surface area contributed by atoms with Crippen LogP contribution in [0.2, 0.25) is 0 Å². The lowest BCUT2D eigenvalue weighted by Crippen LogP contribution is -2.39. The number of carbonyl (C=O) groups excluding carboxylic acids is 6. The molecule has 0 saturated heterocycles. The summed E-state index contributed by atoms with van der Waals surface area (Å²) in [6, 6.07) is 31.8. The number of benzene rings is 4. The maximum absolute atomic E-state index is 11.8. The van der Waals surface area contributed by atoms with Gasteiger partial charge in [0, 0.05) is 32.0 Å². The number of hydrogen-bond donors (Lipinski definition) is 5. The summed E-state index contributed by atoms with van der Waals surface area (Å²) < 4.78 is 26.0. The molecule has 0 radical (unpaired) electrons. The maximum atomic E-state index is 11.8. The van der Waals surface area contributed by atoms with Gasteiger partial charge in [0.05, 0.1) is 24.8 Å². The number of nitrogens with one attached hydrogen (secondary N) is 4. The monoisotopic (exact) mass is 1240 g/mol. The molecule has 0 bridgehead atoms. The van der Waals surface area contributed by atoms with E-state index in [-0.39, 0.29) is 48.9 Å². The van der Waals surface area contributed by atoms with Gasteiger partial charge in [0.15, 0.2) is 5.78 Å². The van der Waals surface area contributed by atoms with E-state index in [9.17, 15) is 28.8 Å². The van der Waals surface area contributed by atoms with Crippen molar-refractivity contribution < 1.29 is 52.5 Å². The van der Waals surface area contributed by atoms with Crippen LogP contribution in [0.25, 0.3) is 0 Å². The van der Waals surface area contributed by atoms with Gasteiger partial charge in [0.25, 0.3) is 0 Å². The van der Waals surface area contributed by atoms with Crippen molar-refractivity contribution in [2.75, 3.05) is 19.7 Å². The lowest BCUT2D eigenvalue weighted by Gasteiger charge is -2.14. The van der Waals surface area contributed by atoms with Crippen molar-refractivity contribution in [2.24, 2.45) is 41.2 Å². The predicted molar refractivity (Wildman–Crippen MR) is 359 cm³/mol. The fourth-order valence-corrected chi connectivity index (χ4v) is 8.67. The second kappa shape index (κ2) is 46.3. The highest BCUT2D eigenvalue weighted by Crippen LogP contribution is 2.15. The molecule has 0 spiro atoms. The Morgan fingerprint density at radius 2 is 0.674 bits per heavy atom. The minimum atomic E-state index is -0.555. The third-order valence-electron chi connectivity index (χ3n) is 13.0. The van der Waals surface area contributed by atoms with E-state index in [1.807, 2.05) is 104 Å². The van der Waals surface area contributed by atoms with Gasteiger partial charge in [-0.1, -0.05) is 180 Å². The van der Waals surface area contributed by atoms with Crippen molar-refractivity contribution in [3.63, 3.8) is 0 Å². The number of carbonyl (C=O) groups is 6. The molecule has 0 aliphatic rings. The van der Waals surface area contributed by atoms with Crippen LogP contribution in [0.15, 0.2) is 97.1 Å². The molecule has 16 heteroatoms. The molecule has 0 aliphatic carbocycles. The molecule has 498 valence electrons. The second-order valence-electron chi connectivity index (χ2n) is 26.1. The number of nitrogens with two attached hydrogens (primary N) is 1. The Balaban J connectivity index is 0.000000599. The first kappa shape index (κ1) is 80.2. The molecule has 4 rings (SSSR count). The lowest BCUT2D eigenvalue weighted by molar-refractivity contribution is -0.122. The molecule has 4 aromatic carbocycles. The highest BCUT2D eigenvalue weighted by molar-refractivity contribution is 5.87. The normalized spacial score (nSPS) is 11.7.